The second kappa shape index (κ2) is 19.6. The van der Waals surface area contributed by atoms with E-state index in [1.807, 2.05) is 0 Å². The summed E-state index contributed by atoms with van der Waals surface area (Å²) in [7, 11) is 2.14. The minimum Gasteiger partial charge on any atom is -0.481 e. The van der Waals surface area contributed by atoms with E-state index in [4.69, 9.17) is 19.3 Å². The molecule has 0 rings (SSSR count). The smallest absolute Gasteiger partial charge is 0.305 e. The summed E-state index contributed by atoms with van der Waals surface area (Å²) in [5.41, 5.74) is 0. The van der Waals surface area contributed by atoms with Crippen LogP contribution in [-0.2, 0) is 19.0 Å². The number of unbranched alkanes of at least 4 members (excludes halogenated alkanes) is 6. The largest absolute Gasteiger partial charge is 0.481 e. The number of carboxylic acid groups (broad SMARTS) is 1. The predicted molar refractivity (Wildman–Crippen MR) is 100 cm³/mol. The topological polar surface area (TPSA) is 68.2 Å². The van der Waals surface area contributed by atoms with Crippen LogP contribution in [0.3, 0.4) is 0 Å². The van der Waals surface area contributed by atoms with Crippen molar-refractivity contribution >= 4 is 5.97 Å². The Morgan fingerprint density at radius 3 is 1.88 bits per heavy atom. The van der Waals surface area contributed by atoms with E-state index >= 15 is 0 Å². The molecule has 0 saturated carbocycles. The molecule has 0 aliphatic rings. The summed E-state index contributed by atoms with van der Waals surface area (Å²) in [6.45, 7) is 7.34. The molecule has 0 aromatic heterocycles. The summed E-state index contributed by atoms with van der Waals surface area (Å²) in [5.74, 6) is -0.841. The first kappa shape index (κ1) is 24.3. The van der Waals surface area contributed by atoms with Gasteiger partial charge in [0.25, 0.3) is 0 Å². The highest BCUT2D eigenvalue weighted by molar-refractivity contribution is 5.66. The van der Waals surface area contributed by atoms with Gasteiger partial charge in [0, 0.05) is 6.54 Å². The van der Waals surface area contributed by atoms with Crippen LogP contribution in [0.1, 0.15) is 58.3 Å². The molecule has 6 heteroatoms. The van der Waals surface area contributed by atoms with E-state index in [0.717, 1.165) is 19.7 Å². The summed E-state index contributed by atoms with van der Waals surface area (Å²) in [5, 5.41) is 8.44. The molecule has 0 aromatic carbocycles. The molecule has 6 nitrogen and oxygen atoms in total. The highest BCUT2D eigenvalue weighted by Crippen LogP contribution is 2.07. The summed E-state index contributed by atoms with van der Waals surface area (Å²) >= 11 is 0. The maximum atomic E-state index is 10.3. The van der Waals surface area contributed by atoms with E-state index in [2.05, 4.69) is 18.9 Å². The quantitative estimate of drug-likeness (QED) is 0.336. The van der Waals surface area contributed by atoms with Crippen molar-refractivity contribution in [2.45, 2.75) is 58.3 Å². The van der Waals surface area contributed by atoms with Gasteiger partial charge in [-0.2, -0.15) is 0 Å². The summed E-state index contributed by atoms with van der Waals surface area (Å²) in [4.78, 5) is 12.6. The molecule has 0 unspecified atom stereocenters. The lowest BCUT2D eigenvalue weighted by molar-refractivity contribution is -0.138. The van der Waals surface area contributed by atoms with Gasteiger partial charge < -0.3 is 24.2 Å². The highest BCUT2D eigenvalue weighted by Gasteiger charge is 1.99. The van der Waals surface area contributed by atoms with E-state index in [-0.39, 0.29) is 13.0 Å². The number of nitrogens with zero attached hydrogens (tertiary/aromatic N) is 1. The van der Waals surface area contributed by atoms with Crippen LogP contribution in [0.2, 0.25) is 0 Å². The number of hydrogen-bond acceptors (Lipinski definition) is 5. The van der Waals surface area contributed by atoms with Gasteiger partial charge in [0.2, 0.25) is 0 Å². The van der Waals surface area contributed by atoms with Gasteiger partial charge in [-0.05, 0) is 20.0 Å². The molecule has 0 aliphatic carbocycles. The van der Waals surface area contributed by atoms with Crippen molar-refractivity contribution < 1.29 is 24.1 Å². The first-order valence-corrected chi connectivity index (χ1v) is 9.80. The SMILES string of the molecule is CCCCCCCCCN(C)CCOCCOCCOCCC(=O)O. The predicted octanol–water partition coefficient (Wildman–Crippen LogP) is 3.19. The van der Waals surface area contributed by atoms with Crippen molar-refractivity contribution in [1.29, 1.82) is 0 Å². The Morgan fingerprint density at radius 2 is 1.28 bits per heavy atom. The second-order valence-electron chi connectivity index (χ2n) is 6.41. The standard InChI is InChI=1S/C19H39NO5/c1-3-4-5-6-7-8-9-11-20(2)12-14-24-16-18-25-17-15-23-13-10-19(21)22/h3-18H2,1-2H3,(H,21,22). The average Bonchev–Trinajstić information content (AvgIpc) is 2.58. The zero-order chi connectivity index (χ0) is 18.6. The number of likely N-dealkylation sites (N-methyl/N-ethyl adjacent to an activating group) is 1. The van der Waals surface area contributed by atoms with Crippen molar-refractivity contribution in [3.63, 3.8) is 0 Å². The Morgan fingerprint density at radius 1 is 0.760 bits per heavy atom. The number of hydrogen-bond donors (Lipinski definition) is 1. The van der Waals surface area contributed by atoms with Gasteiger partial charge in [0.1, 0.15) is 0 Å². The Balaban J connectivity index is 3.14. The lowest BCUT2D eigenvalue weighted by Crippen LogP contribution is -2.25. The number of carboxylic acids is 1. The zero-order valence-corrected chi connectivity index (χ0v) is 16.3. The van der Waals surface area contributed by atoms with Crippen LogP contribution in [0.25, 0.3) is 0 Å². The molecule has 0 saturated heterocycles. The maximum absolute atomic E-state index is 10.3. The molecule has 0 fully saturated rings. The van der Waals surface area contributed by atoms with E-state index < -0.39 is 5.97 Å². The van der Waals surface area contributed by atoms with Crippen LogP contribution in [0.5, 0.6) is 0 Å². The van der Waals surface area contributed by atoms with Crippen LogP contribution in [0, 0.1) is 0 Å². The molecule has 0 spiro atoms. The monoisotopic (exact) mass is 361 g/mol. The molecule has 0 radical (unpaired) electrons. The summed E-state index contributed by atoms with van der Waals surface area (Å²) < 4.78 is 16.0. The van der Waals surface area contributed by atoms with Crippen LogP contribution < -0.4 is 0 Å². The minimum absolute atomic E-state index is 0.0372. The van der Waals surface area contributed by atoms with E-state index in [0.29, 0.717) is 26.4 Å². The fraction of sp³-hybridized carbons (Fsp3) is 0.947. The van der Waals surface area contributed by atoms with Crippen molar-refractivity contribution in [2.24, 2.45) is 0 Å². The van der Waals surface area contributed by atoms with E-state index in [9.17, 15) is 4.79 Å². The van der Waals surface area contributed by atoms with Gasteiger partial charge in [-0.15, -0.1) is 0 Å². The summed E-state index contributed by atoms with van der Waals surface area (Å²) in [6, 6.07) is 0. The van der Waals surface area contributed by atoms with Gasteiger partial charge in [0.15, 0.2) is 0 Å². The molecule has 0 aliphatic heterocycles. The van der Waals surface area contributed by atoms with Gasteiger partial charge in [-0.3, -0.25) is 4.79 Å². The normalized spacial score (nSPS) is 11.3. The first-order valence-electron chi connectivity index (χ1n) is 9.80. The van der Waals surface area contributed by atoms with Crippen molar-refractivity contribution in [1.82, 2.24) is 4.90 Å². The Kier molecular flexibility index (Phi) is 19.1. The third-order valence-electron chi connectivity index (χ3n) is 3.97. The Bertz CT molecular complexity index is 289. The minimum atomic E-state index is -0.841. The van der Waals surface area contributed by atoms with E-state index in [1.165, 1.54) is 44.9 Å². The number of rotatable bonds is 20. The molecule has 0 atom stereocenters. The lowest BCUT2D eigenvalue weighted by Gasteiger charge is -2.16. The van der Waals surface area contributed by atoms with Crippen molar-refractivity contribution in [3.8, 4) is 0 Å². The van der Waals surface area contributed by atoms with Crippen molar-refractivity contribution in [2.75, 3.05) is 59.8 Å². The van der Waals surface area contributed by atoms with Gasteiger partial charge in [-0.25, -0.2) is 0 Å². The van der Waals surface area contributed by atoms with Gasteiger partial charge in [0.05, 0.1) is 46.1 Å². The number of aliphatic carboxylic acids is 1. The Hall–Kier alpha value is -0.690. The molecule has 0 bridgehead atoms. The Labute approximate surface area is 153 Å². The molecule has 25 heavy (non-hydrogen) atoms. The van der Waals surface area contributed by atoms with Crippen LogP contribution in [-0.4, -0.2) is 75.8 Å². The number of ether oxygens (including phenoxy) is 3. The van der Waals surface area contributed by atoms with Gasteiger partial charge in [-0.1, -0.05) is 45.4 Å². The molecule has 0 amide bonds. The average molecular weight is 362 g/mol. The molecule has 1 N–H and O–H groups in total. The molecular formula is C19H39NO5. The molecule has 150 valence electrons. The fourth-order valence-corrected chi connectivity index (χ4v) is 2.37. The second-order valence-corrected chi connectivity index (χ2v) is 6.41. The fourth-order valence-electron chi connectivity index (χ4n) is 2.37. The van der Waals surface area contributed by atoms with E-state index in [1.54, 1.807) is 0 Å². The maximum Gasteiger partial charge on any atom is 0.305 e. The highest BCUT2D eigenvalue weighted by atomic mass is 16.5. The van der Waals surface area contributed by atoms with Crippen LogP contribution in [0.15, 0.2) is 0 Å². The lowest BCUT2D eigenvalue weighted by atomic mass is 10.1. The molecular weight excluding hydrogens is 322 g/mol. The van der Waals surface area contributed by atoms with Crippen LogP contribution in [0.4, 0.5) is 0 Å². The van der Waals surface area contributed by atoms with Gasteiger partial charge >= 0.3 is 5.97 Å². The third-order valence-corrected chi connectivity index (χ3v) is 3.97. The van der Waals surface area contributed by atoms with Crippen molar-refractivity contribution in [3.05, 3.63) is 0 Å². The molecule has 0 aromatic rings. The summed E-state index contributed by atoms with van der Waals surface area (Å²) in [6.07, 6.45) is 9.46. The number of carbonyl (C=O) groups is 1. The third kappa shape index (κ3) is 21.3. The van der Waals surface area contributed by atoms with Crippen LogP contribution >= 0.6 is 0 Å². The molecule has 0 heterocycles. The zero-order valence-electron chi connectivity index (χ0n) is 16.3. The first-order chi connectivity index (χ1) is 12.2.